The Bertz CT molecular complexity index is 620. The van der Waals surface area contributed by atoms with Crippen LogP contribution < -0.4 is 5.32 Å². The average Bonchev–Trinajstić information content (AvgIpc) is 2.47. The van der Waals surface area contributed by atoms with Crippen LogP contribution in [0.4, 0.5) is 5.82 Å². The molecule has 0 unspecified atom stereocenters. The smallest absolute Gasteiger partial charge is 0.133 e. The van der Waals surface area contributed by atoms with Gasteiger partial charge in [0.05, 0.1) is 5.69 Å². The van der Waals surface area contributed by atoms with Gasteiger partial charge in [0.2, 0.25) is 0 Å². The van der Waals surface area contributed by atoms with Gasteiger partial charge in [-0.2, -0.15) is 0 Å². The number of nitrogens with zero attached hydrogens (tertiary/aromatic N) is 3. The number of aromatic nitrogens is 3. The predicted octanol–water partition coefficient (Wildman–Crippen LogP) is 4.10. The average molecular weight is 284 g/mol. The zero-order valence-corrected chi connectivity index (χ0v) is 13.6. The molecule has 0 bridgehead atoms. The Morgan fingerprint density at radius 2 is 1.95 bits per heavy atom. The molecule has 2 rings (SSSR count). The highest BCUT2D eigenvalue weighted by Crippen LogP contribution is 2.29. The summed E-state index contributed by atoms with van der Waals surface area (Å²) in [4.78, 5) is 13.7. The summed E-state index contributed by atoms with van der Waals surface area (Å²) in [5, 5.41) is 3.42. The minimum atomic E-state index is 0.295. The summed E-state index contributed by atoms with van der Waals surface area (Å²) in [6, 6.07) is 2.02. The number of anilines is 1. The quantitative estimate of drug-likeness (QED) is 0.898. The third-order valence-corrected chi connectivity index (χ3v) is 3.52. The van der Waals surface area contributed by atoms with Crippen LogP contribution in [0.5, 0.6) is 0 Å². The van der Waals surface area contributed by atoms with Gasteiger partial charge in [0.15, 0.2) is 0 Å². The van der Waals surface area contributed by atoms with Gasteiger partial charge in [0, 0.05) is 36.0 Å². The van der Waals surface area contributed by atoms with Crippen LogP contribution in [-0.4, -0.2) is 21.5 Å². The lowest BCUT2D eigenvalue weighted by Crippen LogP contribution is -2.10. The summed E-state index contributed by atoms with van der Waals surface area (Å²) in [7, 11) is 0. The third-order valence-electron chi connectivity index (χ3n) is 3.52. The van der Waals surface area contributed by atoms with Crippen LogP contribution in [0.1, 0.15) is 50.1 Å². The topological polar surface area (TPSA) is 50.7 Å². The molecule has 0 aromatic carbocycles. The maximum absolute atomic E-state index is 4.78. The molecule has 0 spiro atoms. The highest BCUT2D eigenvalue weighted by Gasteiger charge is 2.15. The van der Waals surface area contributed by atoms with Crippen LogP contribution in [0.2, 0.25) is 0 Å². The molecule has 2 heterocycles. The second-order valence-electron chi connectivity index (χ2n) is 5.68. The summed E-state index contributed by atoms with van der Waals surface area (Å²) in [6.07, 6.45) is 4.77. The van der Waals surface area contributed by atoms with Crippen LogP contribution in [0, 0.1) is 13.8 Å². The molecule has 0 radical (unpaired) electrons. The number of hydrogen-bond donors (Lipinski definition) is 1. The van der Waals surface area contributed by atoms with Crippen molar-refractivity contribution in [1.82, 2.24) is 15.0 Å². The standard InChI is InChI=1S/C17H24N4/c1-6-8-19-17-13(5)15(20-16(21-17)11(2)3)14-10-18-9-7-12(14)4/h7,9-11H,6,8H2,1-5H3,(H,19,20,21). The van der Waals surface area contributed by atoms with Crippen molar-refractivity contribution in [2.45, 2.75) is 47.0 Å². The zero-order valence-electron chi connectivity index (χ0n) is 13.6. The Morgan fingerprint density at radius 3 is 2.57 bits per heavy atom. The number of aryl methyl sites for hydroxylation is 1. The van der Waals surface area contributed by atoms with E-state index in [-0.39, 0.29) is 0 Å². The van der Waals surface area contributed by atoms with Gasteiger partial charge in [-0.05, 0) is 31.9 Å². The largest absolute Gasteiger partial charge is 0.370 e. The van der Waals surface area contributed by atoms with Gasteiger partial charge in [0.25, 0.3) is 0 Å². The molecular formula is C17H24N4. The Morgan fingerprint density at radius 1 is 1.19 bits per heavy atom. The van der Waals surface area contributed by atoms with E-state index < -0.39 is 0 Å². The van der Waals surface area contributed by atoms with Crippen molar-refractivity contribution < 1.29 is 0 Å². The molecule has 4 heteroatoms. The molecule has 21 heavy (non-hydrogen) atoms. The van der Waals surface area contributed by atoms with E-state index in [0.29, 0.717) is 5.92 Å². The van der Waals surface area contributed by atoms with Crippen molar-refractivity contribution in [2.24, 2.45) is 0 Å². The van der Waals surface area contributed by atoms with E-state index in [1.165, 1.54) is 5.56 Å². The summed E-state index contributed by atoms with van der Waals surface area (Å²) < 4.78 is 0. The molecule has 0 aliphatic rings. The number of nitrogens with one attached hydrogen (secondary N) is 1. The molecule has 0 aliphatic carbocycles. The molecule has 4 nitrogen and oxygen atoms in total. The molecule has 0 atom stereocenters. The summed E-state index contributed by atoms with van der Waals surface area (Å²) in [5.74, 6) is 2.11. The Kier molecular flexibility index (Phi) is 4.89. The lowest BCUT2D eigenvalue weighted by molar-refractivity contribution is 0.772. The lowest BCUT2D eigenvalue weighted by atomic mass is 10.0. The highest BCUT2D eigenvalue weighted by atomic mass is 15.0. The predicted molar refractivity (Wildman–Crippen MR) is 87.6 cm³/mol. The maximum Gasteiger partial charge on any atom is 0.133 e. The minimum absolute atomic E-state index is 0.295. The van der Waals surface area contributed by atoms with Gasteiger partial charge >= 0.3 is 0 Å². The third kappa shape index (κ3) is 3.38. The van der Waals surface area contributed by atoms with Crippen LogP contribution in [0.25, 0.3) is 11.3 Å². The fourth-order valence-corrected chi connectivity index (χ4v) is 2.18. The first-order valence-corrected chi connectivity index (χ1v) is 7.58. The van der Waals surface area contributed by atoms with Crippen molar-refractivity contribution in [3.8, 4) is 11.3 Å². The second-order valence-corrected chi connectivity index (χ2v) is 5.68. The molecule has 0 fully saturated rings. The van der Waals surface area contributed by atoms with Gasteiger partial charge in [-0.15, -0.1) is 0 Å². The number of rotatable bonds is 5. The molecule has 0 saturated heterocycles. The monoisotopic (exact) mass is 284 g/mol. The van der Waals surface area contributed by atoms with Crippen molar-refractivity contribution in [3.63, 3.8) is 0 Å². The van der Waals surface area contributed by atoms with Crippen LogP contribution in [0.15, 0.2) is 18.5 Å². The van der Waals surface area contributed by atoms with Crippen LogP contribution in [-0.2, 0) is 0 Å². The first-order valence-electron chi connectivity index (χ1n) is 7.58. The number of pyridine rings is 1. The molecular weight excluding hydrogens is 260 g/mol. The van der Waals surface area contributed by atoms with E-state index in [9.17, 15) is 0 Å². The molecule has 0 amide bonds. The van der Waals surface area contributed by atoms with Crippen molar-refractivity contribution in [1.29, 1.82) is 0 Å². The maximum atomic E-state index is 4.78. The normalized spacial score (nSPS) is 11.0. The first-order chi connectivity index (χ1) is 10.0. The van der Waals surface area contributed by atoms with Gasteiger partial charge in [-0.3, -0.25) is 4.98 Å². The second kappa shape index (κ2) is 6.66. The van der Waals surface area contributed by atoms with Gasteiger partial charge in [0.1, 0.15) is 11.6 Å². The molecule has 0 saturated carbocycles. The fraction of sp³-hybridized carbons (Fsp3) is 0.471. The number of hydrogen-bond acceptors (Lipinski definition) is 4. The Balaban J connectivity index is 2.58. The van der Waals surface area contributed by atoms with Crippen LogP contribution >= 0.6 is 0 Å². The highest BCUT2D eigenvalue weighted by molar-refractivity contribution is 5.70. The SMILES string of the molecule is CCCNc1nc(C(C)C)nc(-c2cnccc2C)c1C. The fourth-order valence-electron chi connectivity index (χ4n) is 2.18. The van der Waals surface area contributed by atoms with E-state index in [0.717, 1.165) is 41.4 Å². The van der Waals surface area contributed by atoms with Crippen molar-refractivity contribution in [3.05, 3.63) is 35.4 Å². The van der Waals surface area contributed by atoms with E-state index in [1.807, 2.05) is 18.5 Å². The first kappa shape index (κ1) is 15.4. The van der Waals surface area contributed by atoms with E-state index in [1.54, 1.807) is 0 Å². The van der Waals surface area contributed by atoms with Gasteiger partial charge < -0.3 is 5.32 Å². The summed E-state index contributed by atoms with van der Waals surface area (Å²) in [5.41, 5.74) is 4.34. The van der Waals surface area contributed by atoms with Gasteiger partial charge in [-0.25, -0.2) is 9.97 Å². The zero-order chi connectivity index (χ0) is 15.4. The molecule has 112 valence electrons. The molecule has 0 aliphatic heterocycles. The van der Waals surface area contributed by atoms with Gasteiger partial charge in [-0.1, -0.05) is 20.8 Å². The Labute approximate surface area is 127 Å². The lowest BCUT2D eigenvalue weighted by Gasteiger charge is -2.16. The van der Waals surface area contributed by atoms with E-state index in [2.05, 4.69) is 49.9 Å². The van der Waals surface area contributed by atoms with Crippen molar-refractivity contribution in [2.75, 3.05) is 11.9 Å². The minimum Gasteiger partial charge on any atom is -0.370 e. The van der Waals surface area contributed by atoms with E-state index in [4.69, 9.17) is 4.98 Å². The molecule has 2 aromatic rings. The van der Waals surface area contributed by atoms with Crippen molar-refractivity contribution >= 4 is 5.82 Å². The van der Waals surface area contributed by atoms with Crippen LogP contribution in [0.3, 0.4) is 0 Å². The Hall–Kier alpha value is -1.97. The van der Waals surface area contributed by atoms with E-state index >= 15 is 0 Å². The summed E-state index contributed by atoms with van der Waals surface area (Å²) >= 11 is 0. The molecule has 1 N–H and O–H groups in total. The molecule has 2 aromatic heterocycles. The summed E-state index contributed by atoms with van der Waals surface area (Å²) in [6.45, 7) is 11.5.